The highest BCUT2D eigenvalue weighted by atomic mass is 16.5. The number of ether oxygens (including phenoxy) is 1. The predicted molar refractivity (Wildman–Crippen MR) is 58.2 cm³/mol. The maximum absolute atomic E-state index is 9.49. The van der Waals surface area contributed by atoms with E-state index in [4.69, 9.17) is 4.74 Å². The first-order chi connectivity index (χ1) is 6.69. The molecule has 0 aromatic heterocycles. The first-order valence-electron chi connectivity index (χ1n) is 5.89. The highest BCUT2D eigenvalue weighted by Gasteiger charge is 2.28. The largest absolute Gasteiger partial charge is 0.393 e. The second-order valence-corrected chi connectivity index (χ2v) is 4.60. The number of aliphatic hydroxyl groups is 1. The van der Waals surface area contributed by atoms with Crippen LogP contribution in [0.4, 0.5) is 0 Å². The molecule has 0 heterocycles. The standard InChI is InChI=1S/C12H24O2/c1-4-12(14-3)11-7-5-10(6-8-11)9(2)13/h9-13H,4-8H2,1-3H3. The third-order valence-corrected chi connectivity index (χ3v) is 3.73. The summed E-state index contributed by atoms with van der Waals surface area (Å²) in [6.45, 7) is 4.10. The molecule has 0 radical (unpaired) electrons. The van der Waals surface area contributed by atoms with Crippen LogP contribution in [-0.2, 0) is 4.74 Å². The molecule has 0 bridgehead atoms. The van der Waals surface area contributed by atoms with Crippen molar-refractivity contribution in [3.8, 4) is 0 Å². The van der Waals surface area contributed by atoms with Gasteiger partial charge >= 0.3 is 0 Å². The van der Waals surface area contributed by atoms with Crippen molar-refractivity contribution in [1.82, 2.24) is 0 Å². The van der Waals surface area contributed by atoms with E-state index in [9.17, 15) is 5.11 Å². The van der Waals surface area contributed by atoms with Gasteiger partial charge in [-0.05, 0) is 50.9 Å². The van der Waals surface area contributed by atoms with Gasteiger partial charge in [0.25, 0.3) is 0 Å². The maximum atomic E-state index is 9.49. The van der Waals surface area contributed by atoms with Crippen LogP contribution in [0.2, 0.25) is 0 Å². The van der Waals surface area contributed by atoms with E-state index < -0.39 is 0 Å². The molecule has 1 saturated carbocycles. The molecule has 1 aliphatic rings. The van der Waals surface area contributed by atoms with Crippen LogP contribution >= 0.6 is 0 Å². The van der Waals surface area contributed by atoms with Crippen molar-refractivity contribution >= 4 is 0 Å². The van der Waals surface area contributed by atoms with Gasteiger partial charge in [0, 0.05) is 7.11 Å². The third kappa shape index (κ3) is 2.96. The Morgan fingerprint density at radius 1 is 1.21 bits per heavy atom. The van der Waals surface area contributed by atoms with E-state index in [1.54, 1.807) is 0 Å². The van der Waals surface area contributed by atoms with Gasteiger partial charge in [-0.25, -0.2) is 0 Å². The molecule has 0 aromatic carbocycles. The van der Waals surface area contributed by atoms with E-state index in [1.807, 2.05) is 14.0 Å². The van der Waals surface area contributed by atoms with Gasteiger partial charge in [0.2, 0.25) is 0 Å². The average molecular weight is 200 g/mol. The quantitative estimate of drug-likeness (QED) is 0.756. The topological polar surface area (TPSA) is 29.5 Å². The Morgan fingerprint density at radius 3 is 2.07 bits per heavy atom. The Morgan fingerprint density at radius 2 is 1.71 bits per heavy atom. The zero-order valence-corrected chi connectivity index (χ0v) is 9.70. The van der Waals surface area contributed by atoms with Gasteiger partial charge in [0.15, 0.2) is 0 Å². The third-order valence-electron chi connectivity index (χ3n) is 3.73. The zero-order valence-electron chi connectivity index (χ0n) is 9.70. The predicted octanol–water partition coefficient (Wildman–Crippen LogP) is 2.60. The Labute approximate surface area is 87.7 Å². The molecule has 0 aliphatic heterocycles. The fourth-order valence-electron chi connectivity index (χ4n) is 2.69. The molecule has 1 N–H and O–H groups in total. The lowest BCUT2D eigenvalue weighted by molar-refractivity contribution is 0.0113. The van der Waals surface area contributed by atoms with Gasteiger partial charge in [-0.15, -0.1) is 0 Å². The van der Waals surface area contributed by atoms with Crippen molar-refractivity contribution in [2.45, 2.75) is 58.2 Å². The zero-order chi connectivity index (χ0) is 10.6. The number of hydrogen-bond acceptors (Lipinski definition) is 2. The van der Waals surface area contributed by atoms with E-state index in [1.165, 1.54) is 25.7 Å². The molecular formula is C12H24O2. The lowest BCUT2D eigenvalue weighted by Gasteiger charge is -2.33. The number of methoxy groups -OCH3 is 1. The summed E-state index contributed by atoms with van der Waals surface area (Å²) >= 11 is 0. The Balaban J connectivity index is 2.34. The fourth-order valence-corrected chi connectivity index (χ4v) is 2.69. The van der Waals surface area contributed by atoms with Crippen LogP contribution in [0.1, 0.15) is 46.0 Å². The highest BCUT2D eigenvalue weighted by Crippen LogP contribution is 2.34. The summed E-state index contributed by atoms with van der Waals surface area (Å²) < 4.78 is 5.47. The van der Waals surface area contributed by atoms with Crippen LogP contribution in [0, 0.1) is 11.8 Å². The van der Waals surface area contributed by atoms with E-state index in [-0.39, 0.29) is 6.10 Å². The summed E-state index contributed by atoms with van der Waals surface area (Å²) in [5.74, 6) is 1.25. The highest BCUT2D eigenvalue weighted by molar-refractivity contribution is 4.79. The molecule has 1 fully saturated rings. The first-order valence-corrected chi connectivity index (χ1v) is 5.89. The molecule has 2 heteroatoms. The summed E-state index contributed by atoms with van der Waals surface area (Å²) in [7, 11) is 1.81. The number of aliphatic hydroxyl groups excluding tert-OH is 1. The molecule has 0 aromatic rings. The van der Waals surface area contributed by atoms with Crippen LogP contribution in [-0.4, -0.2) is 24.4 Å². The monoisotopic (exact) mass is 200 g/mol. The minimum atomic E-state index is -0.126. The van der Waals surface area contributed by atoms with E-state index in [0.29, 0.717) is 12.0 Å². The van der Waals surface area contributed by atoms with Crippen molar-refractivity contribution in [3.63, 3.8) is 0 Å². The molecule has 1 rings (SSSR count). The fraction of sp³-hybridized carbons (Fsp3) is 1.00. The molecule has 0 amide bonds. The molecule has 2 nitrogen and oxygen atoms in total. The van der Waals surface area contributed by atoms with E-state index >= 15 is 0 Å². The molecule has 14 heavy (non-hydrogen) atoms. The van der Waals surface area contributed by atoms with Gasteiger partial charge in [0.05, 0.1) is 12.2 Å². The summed E-state index contributed by atoms with van der Waals surface area (Å²) in [5, 5.41) is 9.49. The van der Waals surface area contributed by atoms with Crippen LogP contribution < -0.4 is 0 Å². The Bertz CT molecular complexity index is 144. The Hall–Kier alpha value is -0.0800. The second kappa shape index (κ2) is 5.72. The summed E-state index contributed by atoms with van der Waals surface area (Å²) in [6, 6.07) is 0. The summed E-state index contributed by atoms with van der Waals surface area (Å²) in [6.07, 6.45) is 6.21. The molecule has 1 aliphatic carbocycles. The van der Waals surface area contributed by atoms with Crippen molar-refractivity contribution in [2.75, 3.05) is 7.11 Å². The Kier molecular flexibility index (Phi) is 4.90. The minimum Gasteiger partial charge on any atom is -0.393 e. The molecular weight excluding hydrogens is 176 g/mol. The minimum absolute atomic E-state index is 0.126. The van der Waals surface area contributed by atoms with Gasteiger partial charge in [-0.3, -0.25) is 0 Å². The lowest BCUT2D eigenvalue weighted by atomic mass is 9.77. The molecule has 0 spiro atoms. The lowest BCUT2D eigenvalue weighted by Crippen LogP contribution is -2.30. The van der Waals surface area contributed by atoms with Gasteiger partial charge in [-0.2, -0.15) is 0 Å². The van der Waals surface area contributed by atoms with Gasteiger partial charge in [-0.1, -0.05) is 6.92 Å². The summed E-state index contributed by atoms with van der Waals surface area (Å²) in [4.78, 5) is 0. The smallest absolute Gasteiger partial charge is 0.0596 e. The van der Waals surface area contributed by atoms with Crippen LogP contribution in [0.3, 0.4) is 0 Å². The molecule has 84 valence electrons. The van der Waals surface area contributed by atoms with Crippen molar-refractivity contribution in [1.29, 1.82) is 0 Å². The number of rotatable bonds is 4. The maximum Gasteiger partial charge on any atom is 0.0596 e. The summed E-state index contributed by atoms with van der Waals surface area (Å²) in [5.41, 5.74) is 0. The van der Waals surface area contributed by atoms with Crippen molar-refractivity contribution in [2.24, 2.45) is 11.8 Å². The van der Waals surface area contributed by atoms with E-state index in [0.717, 1.165) is 12.3 Å². The van der Waals surface area contributed by atoms with Crippen molar-refractivity contribution in [3.05, 3.63) is 0 Å². The van der Waals surface area contributed by atoms with Crippen LogP contribution in [0.25, 0.3) is 0 Å². The van der Waals surface area contributed by atoms with Gasteiger partial charge in [0.1, 0.15) is 0 Å². The molecule has 2 atom stereocenters. The second-order valence-electron chi connectivity index (χ2n) is 4.60. The van der Waals surface area contributed by atoms with Crippen LogP contribution in [0.15, 0.2) is 0 Å². The normalized spacial score (nSPS) is 32.6. The van der Waals surface area contributed by atoms with E-state index in [2.05, 4.69) is 6.92 Å². The van der Waals surface area contributed by atoms with Gasteiger partial charge < -0.3 is 9.84 Å². The molecule has 0 saturated heterocycles. The first kappa shape index (κ1) is 12.0. The van der Waals surface area contributed by atoms with Crippen LogP contribution in [0.5, 0.6) is 0 Å². The average Bonchev–Trinajstić information content (AvgIpc) is 2.20. The molecule has 2 unspecified atom stereocenters. The number of hydrogen-bond donors (Lipinski definition) is 1. The van der Waals surface area contributed by atoms with Crippen molar-refractivity contribution < 1.29 is 9.84 Å². The SMILES string of the molecule is CCC(OC)C1CCC(C(C)O)CC1.